The molecule has 0 aliphatic carbocycles. The van der Waals surface area contributed by atoms with Crippen LogP contribution >= 0.6 is 11.8 Å². The zero-order valence-electron chi connectivity index (χ0n) is 13.3. The Kier molecular flexibility index (Phi) is 4.33. The van der Waals surface area contributed by atoms with Crippen LogP contribution in [0.2, 0.25) is 0 Å². The summed E-state index contributed by atoms with van der Waals surface area (Å²) in [4.78, 5) is 24.5. The Morgan fingerprint density at radius 2 is 2.04 bits per heavy atom. The van der Waals surface area contributed by atoms with Crippen molar-refractivity contribution in [2.24, 2.45) is 11.1 Å². The number of methoxy groups -OCH3 is 1. The minimum Gasteiger partial charge on any atom is -0.463 e. The largest absolute Gasteiger partial charge is 0.463 e. The van der Waals surface area contributed by atoms with Crippen LogP contribution < -0.4 is 0 Å². The Balaban J connectivity index is 2.21. The van der Waals surface area contributed by atoms with Gasteiger partial charge in [-0.3, -0.25) is 9.10 Å². The minimum atomic E-state index is -3.87. The average molecular weight is 382 g/mol. The third-order valence-electron chi connectivity index (χ3n) is 4.08. The highest BCUT2D eigenvalue weighted by atomic mass is 32.2. The number of ketones is 1. The molecule has 8 nitrogen and oxygen atoms in total. The van der Waals surface area contributed by atoms with Crippen molar-refractivity contribution in [3.63, 3.8) is 0 Å². The first-order valence-electron chi connectivity index (χ1n) is 7.14. The number of hydrogen-bond acceptors (Lipinski definition) is 8. The Bertz CT molecular complexity index is 935. The second-order valence-corrected chi connectivity index (χ2v) is 8.32. The van der Waals surface area contributed by atoms with Crippen molar-refractivity contribution in [1.82, 2.24) is 4.31 Å². The molecule has 0 saturated heterocycles. The Morgan fingerprint density at radius 1 is 1.36 bits per heavy atom. The first kappa shape index (κ1) is 17.5. The maximum atomic E-state index is 12.8. The van der Waals surface area contributed by atoms with Crippen LogP contribution in [0.1, 0.15) is 5.56 Å². The molecule has 0 radical (unpaired) electrons. The van der Waals surface area contributed by atoms with E-state index in [2.05, 4.69) is 9.89 Å². The van der Waals surface area contributed by atoms with Crippen LogP contribution in [0, 0.1) is 5.92 Å². The van der Waals surface area contributed by atoms with E-state index in [9.17, 15) is 23.2 Å². The smallest absolute Gasteiger partial charge is 0.375 e. The monoisotopic (exact) mass is 382 g/mol. The van der Waals surface area contributed by atoms with Gasteiger partial charge >= 0.3 is 5.97 Å². The number of esters is 1. The number of rotatable bonds is 2. The molecule has 0 fully saturated rings. The number of carbonyl (C=O) groups is 2. The maximum absolute atomic E-state index is 12.8. The summed E-state index contributed by atoms with van der Waals surface area (Å²) in [6.07, 6.45) is 0. The first-order chi connectivity index (χ1) is 11.8. The van der Waals surface area contributed by atoms with Gasteiger partial charge in [-0.25, -0.2) is 13.2 Å². The topological polar surface area (TPSA) is 113 Å². The van der Waals surface area contributed by atoms with Gasteiger partial charge in [0, 0.05) is 23.3 Å². The van der Waals surface area contributed by atoms with Crippen molar-refractivity contribution >= 4 is 44.2 Å². The molecule has 1 aromatic rings. The number of fused-ring (bicyclic) bond motifs is 2. The van der Waals surface area contributed by atoms with Gasteiger partial charge in [0.2, 0.25) is 5.78 Å². The van der Waals surface area contributed by atoms with Gasteiger partial charge < -0.3 is 9.94 Å². The van der Waals surface area contributed by atoms with E-state index in [1.54, 1.807) is 18.2 Å². The number of carbonyl (C=O) groups excluding carboxylic acids is 2. The van der Waals surface area contributed by atoms with E-state index in [0.29, 0.717) is 10.5 Å². The van der Waals surface area contributed by atoms with Gasteiger partial charge in [0.15, 0.2) is 0 Å². The molecule has 0 spiro atoms. The van der Waals surface area contributed by atoms with E-state index in [1.165, 1.54) is 24.9 Å². The summed E-state index contributed by atoms with van der Waals surface area (Å²) in [6, 6.07) is 6.47. The number of allylic oxidation sites excluding steroid dienone is 1. The molecule has 3 rings (SSSR count). The third-order valence-corrected chi connectivity index (χ3v) is 7.10. The Hall–Kier alpha value is -2.33. The van der Waals surface area contributed by atoms with Gasteiger partial charge in [0.05, 0.1) is 23.6 Å². The fourth-order valence-corrected chi connectivity index (χ4v) is 5.71. The lowest BCUT2D eigenvalue weighted by Gasteiger charge is -2.36. The quantitative estimate of drug-likeness (QED) is 0.350. The van der Waals surface area contributed by atoms with Crippen LogP contribution in [0.25, 0.3) is 4.91 Å². The number of Topliss-reactive ketones (excluding diaryl/α,β-unsaturated/α-hetero) is 1. The summed E-state index contributed by atoms with van der Waals surface area (Å²) in [6.45, 7) is 0. The van der Waals surface area contributed by atoms with Gasteiger partial charge in [-0.1, -0.05) is 23.4 Å². The van der Waals surface area contributed by atoms with E-state index < -0.39 is 27.7 Å². The van der Waals surface area contributed by atoms with Crippen LogP contribution in [0.5, 0.6) is 0 Å². The van der Waals surface area contributed by atoms with E-state index in [0.717, 1.165) is 11.4 Å². The molecule has 132 valence electrons. The summed E-state index contributed by atoms with van der Waals surface area (Å²) in [5.74, 6) is -2.92. The van der Waals surface area contributed by atoms with E-state index in [4.69, 9.17) is 0 Å². The molecule has 2 aliphatic heterocycles. The normalized spacial score (nSPS) is 23.0. The first-order valence-corrected chi connectivity index (χ1v) is 9.57. The fraction of sp³-hybridized carbons (Fsp3) is 0.267. The molecule has 1 N–H and O–H groups in total. The predicted molar refractivity (Wildman–Crippen MR) is 90.5 cm³/mol. The van der Waals surface area contributed by atoms with E-state index in [-0.39, 0.29) is 22.1 Å². The van der Waals surface area contributed by atoms with Crippen molar-refractivity contribution in [3.8, 4) is 0 Å². The lowest BCUT2D eigenvalue weighted by Crippen LogP contribution is -2.43. The third kappa shape index (κ3) is 2.52. The molecule has 2 aliphatic rings. The lowest BCUT2D eigenvalue weighted by molar-refractivity contribution is -0.152. The molecule has 10 heteroatoms. The molecule has 2 heterocycles. The number of sulfonamides is 1. The molecule has 25 heavy (non-hydrogen) atoms. The van der Waals surface area contributed by atoms with E-state index in [1.807, 2.05) is 0 Å². The molecule has 1 aromatic carbocycles. The van der Waals surface area contributed by atoms with Crippen LogP contribution in [0.3, 0.4) is 0 Å². The zero-order valence-corrected chi connectivity index (χ0v) is 14.9. The molecule has 0 saturated carbocycles. The number of oxime groups is 1. The van der Waals surface area contributed by atoms with Crippen LogP contribution in [0.15, 0.2) is 40.0 Å². The highest BCUT2D eigenvalue weighted by Crippen LogP contribution is 2.46. The number of benzene rings is 1. The van der Waals surface area contributed by atoms with Crippen molar-refractivity contribution in [2.75, 3.05) is 19.9 Å². The standard InChI is InChI=1S/C15H14N2O6S2/c1-17-12-11(16-20)9(13(18)15(19)23-2)7-24-14(12)8-5-3-4-6-10(8)25(17,21)22/h3-6,9,20H,7H2,1-2H3/b16-11-. The van der Waals surface area contributed by atoms with Crippen molar-refractivity contribution in [1.29, 1.82) is 0 Å². The predicted octanol–water partition coefficient (Wildman–Crippen LogP) is 0.925. The summed E-state index contributed by atoms with van der Waals surface area (Å²) < 4.78 is 30.9. The molecule has 1 atom stereocenters. The number of hydrogen-bond donors (Lipinski definition) is 1. The summed E-state index contributed by atoms with van der Waals surface area (Å²) >= 11 is 1.23. The van der Waals surface area contributed by atoms with Crippen LogP contribution in [0.4, 0.5) is 0 Å². The molecule has 0 bridgehead atoms. The molecule has 1 unspecified atom stereocenters. The van der Waals surface area contributed by atoms with Gasteiger partial charge in [-0.15, -0.1) is 11.8 Å². The molecule has 0 aromatic heterocycles. The minimum absolute atomic E-state index is 0.0969. The number of thioether (sulfide) groups is 1. The molecule has 0 amide bonds. The van der Waals surface area contributed by atoms with Crippen molar-refractivity contribution < 1.29 is 28.0 Å². The highest BCUT2D eigenvalue weighted by molar-refractivity contribution is 8.08. The van der Waals surface area contributed by atoms with Gasteiger partial charge in [0.1, 0.15) is 5.71 Å². The zero-order chi connectivity index (χ0) is 18.4. The second kappa shape index (κ2) is 6.19. The molecular formula is C15H14N2O6S2. The average Bonchev–Trinajstić information content (AvgIpc) is 2.63. The Labute approximate surface area is 148 Å². The number of nitrogens with zero attached hydrogens (tertiary/aromatic N) is 2. The summed E-state index contributed by atoms with van der Waals surface area (Å²) in [5, 5.41) is 12.6. The highest BCUT2D eigenvalue weighted by Gasteiger charge is 2.45. The molecular weight excluding hydrogens is 368 g/mol. The van der Waals surface area contributed by atoms with Crippen molar-refractivity contribution in [3.05, 3.63) is 35.5 Å². The van der Waals surface area contributed by atoms with E-state index >= 15 is 0 Å². The number of ether oxygens (including phenoxy) is 1. The summed E-state index contributed by atoms with van der Waals surface area (Å²) in [7, 11) is -1.48. The Morgan fingerprint density at radius 3 is 2.68 bits per heavy atom. The maximum Gasteiger partial charge on any atom is 0.375 e. The fourth-order valence-electron chi connectivity index (χ4n) is 2.81. The second-order valence-electron chi connectivity index (χ2n) is 5.35. The summed E-state index contributed by atoms with van der Waals surface area (Å²) in [5.41, 5.74) is 0.412. The van der Waals surface area contributed by atoms with Gasteiger partial charge in [-0.05, 0) is 6.07 Å². The van der Waals surface area contributed by atoms with Crippen LogP contribution in [-0.4, -0.2) is 55.3 Å². The van der Waals surface area contributed by atoms with Gasteiger partial charge in [0.25, 0.3) is 10.0 Å². The lowest BCUT2D eigenvalue weighted by atomic mass is 9.95. The van der Waals surface area contributed by atoms with Crippen molar-refractivity contribution in [2.45, 2.75) is 4.90 Å². The van der Waals surface area contributed by atoms with Gasteiger partial charge in [-0.2, -0.15) is 0 Å². The van der Waals surface area contributed by atoms with Crippen LogP contribution in [-0.2, 0) is 24.3 Å². The SMILES string of the molecule is COC(=O)C(=O)C1CSC2=C(/C1=N\O)N(C)S(=O)(=O)c1ccccc12.